The van der Waals surface area contributed by atoms with E-state index in [2.05, 4.69) is 19.9 Å². The molecule has 0 radical (unpaired) electrons. The highest BCUT2D eigenvalue weighted by atomic mass is 19.1. The average molecular weight is 272 g/mol. The van der Waals surface area contributed by atoms with Gasteiger partial charge in [-0.3, -0.25) is 0 Å². The van der Waals surface area contributed by atoms with Crippen molar-refractivity contribution in [3.8, 4) is 0 Å². The first-order valence-corrected chi connectivity index (χ1v) is 8.38. The van der Waals surface area contributed by atoms with Crippen LogP contribution >= 0.6 is 0 Å². The molecule has 1 heteroatoms. The van der Waals surface area contributed by atoms with Gasteiger partial charge in [-0.1, -0.05) is 19.9 Å². The summed E-state index contributed by atoms with van der Waals surface area (Å²) in [6.45, 7) is 5.01. The first kappa shape index (κ1) is 12.9. The molecule has 3 aliphatic carbocycles. The van der Waals surface area contributed by atoms with Crippen LogP contribution in [-0.4, -0.2) is 0 Å². The van der Waals surface area contributed by atoms with Crippen LogP contribution in [0.15, 0.2) is 18.2 Å². The average Bonchev–Trinajstić information content (AvgIpc) is 2.74. The molecule has 20 heavy (non-hydrogen) atoms. The van der Waals surface area contributed by atoms with E-state index in [9.17, 15) is 4.39 Å². The number of rotatable bonds is 0. The van der Waals surface area contributed by atoms with Gasteiger partial charge in [0, 0.05) is 0 Å². The molecule has 0 unspecified atom stereocenters. The van der Waals surface area contributed by atoms with Gasteiger partial charge in [-0.25, -0.2) is 4.39 Å². The fourth-order valence-electron chi connectivity index (χ4n) is 5.81. The van der Waals surface area contributed by atoms with Gasteiger partial charge in [-0.15, -0.1) is 0 Å². The lowest BCUT2D eigenvalue weighted by atomic mass is 9.54. The minimum Gasteiger partial charge on any atom is -0.207 e. The molecule has 2 saturated carbocycles. The second-order valence-electron chi connectivity index (χ2n) is 7.78. The SMILES string of the molecule is C[C@H]1CC[C@H]2[C@@H]3CCc4cc(F)ccc4[C@H]3CC[C@]12C. The summed E-state index contributed by atoms with van der Waals surface area (Å²) < 4.78 is 13.4. The van der Waals surface area contributed by atoms with E-state index in [1.54, 1.807) is 12.1 Å². The molecule has 2 fully saturated rings. The van der Waals surface area contributed by atoms with Crippen molar-refractivity contribution in [2.45, 2.75) is 58.3 Å². The van der Waals surface area contributed by atoms with E-state index in [1.165, 1.54) is 43.2 Å². The highest BCUT2D eigenvalue weighted by Crippen LogP contribution is 2.62. The Morgan fingerprint density at radius 3 is 2.85 bits per heavy atom. The third-order valence-corrected chi connectivity index (χ3v) is 7.16. The molecular formula is C19H25F. The number of halogens is 1. The topological polar surface area (TPSA) is 0 Å². The van der Waals surface area contributed by atoms with Gasteiger partial charge >= 0.3 is 0 Å². The number of aryl methyl sites for hydroxylation is 1. The molecule has 0 aliphatic heterocycles. The zero-order chi connectivity index (χ0) is 13.9. The molecule has 0 nitrogen and oxygen atoms in total. The monoisotopic (exact) mass is 272 g/mol. The van der Waals surface area contributed by atoms with Crippen LogP contribution in [0, 0.1) is 29.0 Å². The van der Waals surface area contributed by atoms with Crippen molar-refractivity contribution in [3.63, 3.8) is 0 Å². The van der Waals surface area contributed by atoms with E-state index in [4.69, 9.17) is 0 Å². The summed E-state index contributed by atoms with van der Waals surface area (Å²) >= 11 is 0. The molecule has 0 N–H and O–H groups in total. The predicted molar refractivity (Wildman–Crippen MR) is 80.2 cm³/mol. The molecule has 3 aliphatic rings. The fraction of sp³-hybridized carbons (Fsp3) is 0.684. The van der Waals surface area contributed by atoms with Gasteiger partial charge in [-0.05, 0) is 90.9 Å². The Hall–Kier alpha value is -0.850. The zero-order valence-corrected chi connectivity index (χ0v) is 12.7. The molecule has 4 rings (SSSR count). The van der Waals surface area contributed by atoms with Crippen molar-refractivity contribution >= 4 is 0 Å². The highest BCUT2D eigenvalue weighted by molar-refractivity contribution is 5.35. The summed E-state index contributed by atoms with van der Waals surface area (Å²) in [6, 6.07) is 5.55. The Bertz CT molecular complexity index is 535. The van der Waals surface area contributed by atoms with Crippen LogP contribution < -0.4 is 0 Å². The molecule has 0 saturated heterocycles. The predicted octanol–water partition coefficient (Wildman–Crippen LogP) is 5.32. The van der Waals surface area contributed by atoms with Crippen molar-refractivity contribution in [1.29, 1.82) is 0 Å². The summed E-state index contributed by atoms with van der Waals surface area (Å²) in [5.41, 5.74) is 3.35. The van der Waals surface area contributed by atoms with Gasteiger partial charge in [-0.2, -0.15) is 0 Å². The quantitative estimate of drug-likeness (QED) is 0.599. The van der Waals surface area contributed by atoms with E-state index in [0.717, 1.165) is 24.2 Å². The Morgan fingerprint density at radius 1 is 1.15 bits per heavy atom. The summed E-state index contributed by atoms with van der Waals surface area (Å²) in [4.78, 5) is 0. The standard InChI is InChI=1S/C19H25F/c1-12-3-8-18-17-6-4-13-11-14(20)5-7-15(13)16(17)9-10-19(12,18)2/h5,7,11-12,16-18H,3-4,6,8-10H2,1-2H3/t12-,16+,17+,18-,19+/m0/s1. The van der Waals surface area contributed by atoms with Crippen molar-refractivity contribution in [2.24, 2.45) is 23.2 Å². The van der Waals surface area contributed by atoms with Crippen LogP contribution in [0.4, 0.5) is 4.39 Å². The molecule has 1 aromatic rings. The Labute approximate surface area is 121 Å². The molecule has 0 bridgehead atoms. The number of hydrogen-bond acceptors (Lipinski definition) is 0. The van der Waals surface area contributed by atoms with Gasteiger partial charge < -0.3 is 0 Å². The first-order valence-electron chi connectivity index (χ1n) is 8.38. The van der Waals surface area contributed by atoms with Gasteiger partial charge in [0.1, 0.15) is 5.82 Å². The third kappa shape index (κ3) is 1.64. The van der Waals surface area contributed by atoms with Crippen molar-refractivity contribution in [2.75, 3.05) is 0 Å². The maximum Gasteiger partial charge on any atom is 0.123 e. The maximum atomic E-state index is 13.4. The van der Waals surface area contributed by atoms with E-state index < -0.39 is 0 Å². The molecule has 0 spiro atoms. The van der Waals surface area contributed by atoms with Crippen molar-refractivity contribution in [1.82, 2.24) is 0 Å². The van der Waals surface area contributed by atoms with Gasteiger partial charge in [0.25, 0.3) is 0 Å². The van der Waals surface area contributed by atoms with Crippen LogP contribution in [0.1, 0.15) is 63.0 Å². The molecule has 0 aromatic heterocycles. The van der Waals surface area contributed by atoms with Crippen LogP contribution in [0.3, 0.4) is 0 Å². The zero-order valence-electron chi connectivity index (χ0n) is 12.7. The molecule has 5 atom stereocenters. The second-order valence-corrected chi connectivity index (χ2v) is 7.78. The normalized spacial score (nSPS) is 42.8. The van der Waals surface area contributed by atoms with E-state index in [0.29, 0.717) is 11.3 Å². The van der Waals surface area contributed by atoms with Gasteiger partial charge in [0.05, 0.1) is 0 Å². The third-order valence-electron chi connectivity index (χ3n) is 7.16. The number of benzene rings is 1. The maximum absolute atomic E-state index is 13.4. The van der Waals surface area contributed by atoms with Crippen LogP contribution in [-0.2, 0) is 6.42 Å². The van der Waals surface area contributed by atoms with Crippen molar-refractivity contribution < 1.29 is 4.39 Å². The van der Waals surface area contributed by atoms with E-state index >= 15 is 0 Å². The lowest BCUT2D eigenvalue weighted by molar-refractivity contribution is 0.0336. The molecule has 0 amide bonds. The second kappa shape index (κ2) is 4.32. The molecule has 1 aromatic carbocycles. The minimum atomic E-state index is -0.0580. The smallest absolute Gasteiger partial charge is 0.123 e. The molecule has 108 valence electrons. The molecule has 0 heterocycles. The van der Waals surface area contributed by atoms with Crippen LogP contribution in [0.25, 0.3) is 0 Å². The van der Waals surface area contributed by atoms with E-state index in [-0.39, 0.29) is 5.82 Å². The summed E-state index contributed by atoms with van der Waals surface area (Å²) in [5.74, 6) is 3.31. The van der Waals surface area contributed by atoms with Gasteiger partial charge in [0.15, 0.2) is 0 Å². The number of fused-ring (bicyclic) bond motifs is 5. The fourth-order valence-corrected chi connectivity index (χ4v) is 5.81. The van der Waals surface area contributed by atoms with Crippen LogP contribution in [0.2, 0.25) is 0 Å². The molecular weight excluding hydrogens is 247 g/mol. The minimum absolute atomic E-state index is 0.0580. The lowest BCUT2D eigenvalue weighted by Gasteiger charge is -2.50. The Balaban J connectivity index is 1.71. The highest BCUT2D eigenvalue weighted by Gasteiger charge is 2.53. The summed E-state index contributed by atoms with van der Waals surface area (Å²) in [5, 5.41) is 0. The first-order chi connectivity index (χ1) is 9.59. The van der Waals surface area contributed by atoms with Crippen LogP contribution in [0.5, 0.6) is 0 Å². The summed E-state index contributed by atoms with van der Waals surface area (Å²) in [6.07, 6.45) is 7.91. The van der Waals surface area contributed by atoms with Crippen molar-refractivity contribution in [3.05, 3.63) is 35.1 Å². The largest absolute Gasteiger partial charge is 0.207 e. The lowest BCUT2D eigenvalue weighted by Crippen LogP contribution is -2.41. The Morgan fingerprint density at radius 2 is 2.00 bits per heavy atom. The van der Waals surface area contributed by atoms with Gasteiger partial charge in [0.2, 0.25) is 0 Å². The summed E-state index contributed by atoms with van der Waals surface area (Å²) in [7, 11) is 0. The van der Waals surface area contributed by atoms with E-state index in [1.807, 2.05) is 0 Å². The number of hydrogen-bond donors (Lipinski definition) is 0. The Kier molecular flexibility index (Phi) is 2.78.